The summed E-state index contributed by atoms with van der Waals surface area (Å²) in [6.07, 6.45) is 0.495. The first-order chi connectivity index (χ1) is 14.0. The van der Waals surface area contributed by atoms with Crippen LogP contribution in [-0.2, 0) is 6.42 Å². The van der Waals surface area contributed by atoms with Gasteiger partial charge in [-0.3, -0.25) is 4.79 Å². The van der Waals surface area contributed by atoms with Gasteiger partial charge in [-0.2, -0.15) is 0 Å². The van der Waals surface area contributed by atoms with E-state index in [-0.39, 0.29) is 5.56 Å². The number of methoxy groups -OCH3 is 2. The molecule has 0 unspecified atom stereocenters. The fraction of sp³-hybridized carbons (Fsp3) is 0.217. The van der Waals surface area contributed by atoms with E-state index < -0.39 is 0 Å². The maximum Gasteiger partial charge on any atom is 0.260 e. The van der Waals surface area contributed by atoms with Gasteiger partial charge in [0.2, 0.25) is 0 Å². The Bertz CT molecular complexity index is 1260. The molecular weight excluding hydrogens is 384 g/mol. The van der Waals surface area contributed by atoms with Crippen LogP contribution in [0.4, 0.5) is 0 Å². The van der Waals surface area contributed by atoms with Gasteiger partial charge in [0.25, 0.3) is 5.56 Å². The van der Waals surface area contributed by atoms with Crippen molar-refractivity contribution in [2.75, 3.05) is 14.2 Å². The molecule has 4 aromatic rings. The summed E-state index contributed by atoms with van der Waals surface area (Å²) >= 11 is 1.53. The zero-order chi connectivity index (χ0) is 20.5. The standard InChI is InChI=1S/C23H22N2O3S/c1-13-9-10-18(28-4)16(11-13)20-14(2)29-23-21(20)22(26)24-19(25-23)12-15-7-5-6-8-17(15)27-3/h5-11H,12H2,1-4H3,(H,24,25,26). The molecule has 0 amide bonds. The number of fused-ring (bicyclic) bond motifs is 1. The summed E-state index contributed by atoms with van der Waals surface area (Å²) in [4.78, 5) is 22.6. The molecule has 4 rings (SSSR count). The Kier molecular flexibility index (Phi) is 5.11. The average Bonchev–Trinajstić information content (AvgIpc) is 3.04. The molecule has 0 aliphatic carbocycles. The van der Waals surface area contributed by atoms with Crippen molar-refractivity contribution in [3.05, 3.63) is 74.6 Å². The molecule has 2 aromatic carbocycles. The van der Waals surface area contributed by atoms with Crippen molar-refractivity contribution < 1.29 is 9.47 Å². The monoisotopic (exact) mass is 406 g/mol. The number of rotatable bonds is 5. The summed E-state index contributed by atoms with van der Waals surface area (Å²) < 4.78 is 11.0. The van der Waals surface area contributed by atoms with Gasteiger partial charge in [0.1, 0.15) is 22.2 Å². The van der Waals surface area contributed by atoms with Crippen LogP contribution in [-0.4, -0.2) is 24.2 Å². The molecule has 0 aliphatic rings. The van der Waals surface area contributed by atoms with Crippen LogP contribution in [0.5, 0.6) is 11.5 Å². The number of benzene rings is 2. The van der Waals surface area contributed by atoms with Gasteiger partial charge in [0, 0.05) is 28.0 Å². The number of para-hydroxylation sites is 1. The molecular formula is C23H22N2O3S. The molecule has 6 heteroatoms. The van der Waals surface area contributed by atoms with Crippen LogP contribution in [0.3, 0.4) is 0 Å². The second-order valence-electron chi connectivity index (χ2n) is 6.92. The topological polar surface area (TPSA) is 64.2 Å². The molecule has 148 valence electrons. The highest BCUT2D eigenvalue weighted by Crippen LogP contribution is 2.40. The van der Waals surface area contributed by atoms with E-state index in [1.54, 1.807) is 14.2 Å². The second-order valence-corrected chi connectivity index (χ2v) is 8.12. The molecule has 0 saturated carbocycles. The maximum atomic E-state index is 13.1. The van der Waals surface area contributed by atoms with Crippen LogP contribution in [0, 0.1) is 13.8 Å². The van der Waals surface area contributed by atoms with Crippen molar-refractivity contribution in [1.29, 1.82) is 0 Å². The minimum atomic E-state index is -0.136. The summed E-state index contributed by atoms with van der Waals surface area (Å²) in [7, 11) is 3.29. The van der Waals surface area contributed by atoms with Crippen LogP contribution in [0.15, 0.2) is 47.3 Å². The Morgan fingerprint density at radius 2 is 1.79 bits per heavy atom. The highest BCUT2D eigenvalue weighted by Gasteiger charge is 2.20. The number of aromatic amines is 1. The minimum Gasteiger partial charge on any atom is -0.496 e. The zero-order valence-electron chi connectivity index (χ0n) is 16.8. The third-order valence-corrected chi connectivity index (χ3v) is 5.96. The van der Waals surface area contributed by atoms with E-state index in [1.165, 1.54) is 11.3 Å². The van der Waals surface area contributed by atoms with E-state index in [0.717, 1.165) is 43.5 Å². The van der Waals surface area contributed by atoms with Crippen molar-refractivity contribution in [3.63, 3.8) is 0 Å². The molecule has 0 spiro atoms. The predicted molar refractivity (Wildman–Crippen MR) is 118 cm³/mol. The van der Waals surface area contributed by atoms with Crippen LogP contribution in [0.2, 0.25) is 0 Å². The van der Waals surface area contributed by atoms with E-state index in [4.69, 9.17) is 14.5 Å². The summed E-state index contributed by atoms with van der Waals surface area (Å²) in [5, 5.41) is 0.611. The van der Waals surface area contributed by atoms with Crippen molar-refractivity contribution in [1.82, 2.24) is 9.97 Å². The Morgan fingerprint density at radius 1 is 1.03 bits per heavy atom. The van der Waals surface area contributed by atoms with Crippen molar-refractivity contribution in [2.24, 2.45) is 0 Å². The fourth-order valence-corrected chi connectivity index (χ4v) is 4.67. The van der Waals surface area contributed by atoms with Crippen LogP contribution >= 0.6 is 11.3 Å². The Balaban J connectivity index is 1.86. The lowest BCUT2D eigenvalue weighted by Gasteiger charge is -2.10. The Hall–Kier alpha value is -3.12. The van der Waals surface area contributed by atoms with Gasteiger partial charge in [-0.25, -0.2) is 4.98 Å². The van der Waals surface area contributed by atoms with Gasteiger partial charge >= 0.3 is 0 Å². The number of nitrogens with one attached hydrogen (secondary N) is 1. The van der Waals surface area contributed by atoms with E-state index in [0.29, 0.717) is 17.6 Å². The number of aryl methyl sites for hydroxylation is 2. The average molecular weight is 407 g/mol. The lowest BCUT2D eigenvalue weighted by Crippen LogP contribution is -2.12. The fourth-order valence-electron chi connectivity index (χ4n) is 3.62. The number of ether oxygens (including phenoxy) is 2. The van der Waals surface area contributed by atoms with Crippen LogP contribution in [0.25, 0.3) is 21.3 Å². The summed E-state index contributed by atoms with van der Waals surface area (Å²) in [6, 6.07) is 13.7. The number of H-pyrrole nitrogens is 1. The number of hydrogen-bond donors (Lipinski definition) is 1. The first-order valence-electron chi connectivity index (χ1n) is 9.31. The number of thiophene rings is 1. The molecule has 0 aliphatic heterocycles. The van der Waals surface area contributed by atoms with E-state index in [2.05, 4.69) is 11.1 Å². The number of aromatic nitrogens is 2. The molecule has 0 fully saturated rings. The van der Waals surface area contributed by atoms with Crippen molar-refractivity contribution in [3.8, 4) is 22.6 Å². The summed E-state index contributed by atoms with van der Waals surface area (Å²) in [6.45, 7) is 4.05. The third-order valence-electron chi connectivity index (χ3n) is 4.96. The minimum absolute atomic E-state index is 0.136. The van der Waals surface area contributed by atoms with Crippen molar-refractivity contribution in [2.45, 2.75) is 20.3 Å². The smallest absolute Gasteiger partial charge is 0.260 e. The van der Waals surface area contributed by atoms with Gasteiger partial charge in [-0.15, -0.1) is 11.3 Å². The number of hydrogen-bond acceptors (Lipinski definition) is 5. The van der Waals surface area contributed by atoms with Gasteiger partial charge in [0.15, 0.2) is 0 Å². The molecule has 2 heterocycles. The molecule has 0 atom stereocenters. The lowest BCUT2D eigenvalue weighted by atomic mass is 10.0. The molecule has 0 radical (unpaired) electrons. The molecule has 5 nitrogen and oxygen atoms in total. The molecule has 0 bridgehead atoms. The number of nitrogens with zero attached hydrogens (tertiary/aromatic N) is 1. The predicted octanol–water partition coefficient (Wildman–Crippen LogP) is 4.88. The SMILES string of the molecule is COc1ccccc1Cc1nc2sc(C)c(-c3cc(C)ccc3OC)c2c(=O)[nH]1. The van der Waals surface area contributed by atoms with Crippen molar-refractivity contribution >= 4 is 21.6 Å². The largest absolute Gasteiger partial charge is 0.496 e. The highest BCUT2D eigenvalue weighted by molar-refractivity contribution is 7.19. The van der Waals surface area contributed by atoms with Gasteiger partial charge in [0.05, 0.1) is 19.6 Å². The quantitative estimate of drug-likeness (QED) is 0.513. The molecule has 29 heavy (non-hydrogen) atoms. The van der Waals surface area contributed by atoms with Gasteiger partial charge in [-0.1, -0.05) is 29.8 Å². The lowest BCUT2D eigenvalue weighted by molar-refractivity contribution is 0.410. The summed E-state index contributed by atoms with van der Waals surface area (Å²) in [5.74, 6) is 2.15. The third kappa shape index (κ3) is 3.51. The Labute approximate surface area is 173 Å². The normalized spacial score (nSPS) is 11.0. The van der Waals surface area contributed by atoms with E-state index in [9.17, 15) is 4.79 Å². The van der Waals surface area contributed by atoms with Gasteiger partial charge < -0.3 is 14.5 Å². The molecule has 0 saturated heterocycles. The molecule has 1 N–H and O–H groups in total. The second kappa shape index (κ2) is 7.72. The van der Waals surface area contributed by atoms with Crippen LogP contribution < -0.4 is 15.0 Å². The first-order valence-corrected chi connectivity index (χ1v) is 10.1. The highest BCUT2D eigenvalue weighted by atomic mass is 32.1. The Morgan fingerprint density at radius 3 is 2.55 bits per heavy atom. The summed E-state index contributed by atoms with van der Waals surface area (Å²) in [5.41, 5.74) is 3.76. The van der Waals surface area contributed by atoms with Crippen LogP contribution in [0.1, 0.15) is 21.8 Å². The first kappa shape index (κ1) is 19.2. The van der Waals surface area contributed by atoms with E-state index >= 15 is 0 Å². The van der Waals surface area contributed by atoms with E-state index in [1.807, 2.05) is 50.2 Å². The maximum absolute atomic E-state index is 13.1. The molecule has 2 aromatic heterocycles. The zero-order valence-corrected chi connectivity index (χ0v) is 17.6. The van der Waals surface area contributed by atoms with Gasteiger partial charge in [-0.05, 0) is 32.0 Å².